The molecule has 2 aliphatic rings. The SMILES string of the molecule is CCN(Cc1ccncc1)[C@@H]1CCCN(C(=O)C2CCC(O)CC2)C1. The third-order valence-corrected chi connectivity index (χ3v) is 5.81. The number of pyridine rings is 1. The van der Waals surface area contributed by atoms with Gasteiger partial charge in [0.25, 0.3) is 0 Å². The highest BCUT2D eigenvalue weighted by Gasteiger charge is 2.32. The Labute approximate surface area is 151 Å². The van der Waals surface area contributed by atoms with Gasteiger partial charge in [0.05, 0.1) is 6.10 Å². The van der Waals surface area contributed by atoms with Crippen LogP contribution in [0.3, 0.4) is 0 Å². The van der Waals surface area contributed by atoms with Crippen LogP contribution in [-0.4, -0.2) is 57.6 Å². The normalized spacial score (nSPS) is 27.5. The van der Waals surface area contributed by atoms with Gasteiger partial charge in [0.2, 0.25) is 5.91 Å². The molecule has 0 spiro atoms. The van der Waals surface area contributed by atoms with Crippen LogP contribution in [0.15, 0.2) is 24.5 Å². The van der Waals surface area contributed by atoms with Crippen LogP contribution >= 0.6 is 0 Å². The van der Waals surface area contributed by atoms with Crippen LogP contribution < -0.4 is 0 Å². The van der Waals surface area contributed by atoms with Crippen LogP contribution in [0, 0.1) is 5.92 Å². The average molecular weight is 345 g/mol. The number of likely N-dealkylation sites (tertiary alicyclic amines) is 1. The summed E-state index contributed by atoms with van der Waals surface area (Å²) >= 11 is 0. The molecule has 1 saturated heterocycles. The van der Waals surface area contributed by atoms with Crippen LogP contribution in [0.5, 0.6) is 0 Å². The van der Waals surface area contributed by atoms with Crippen molar-refractivity contribution >= 4 is 5.91 Å². The molecule has 0 radical (unpaired) electrons. The number of rotatable bonds is 5. The Morgan fingerprint density at radius 1 is 1.24 bits per heavy atom. The third kappa shape index (κ3) is 4.79. The molecule has 0 aromatic carbocycles. The van der Waals surface area contributed by atoms with Gasteiger partial charge >= 0.3 is 0 Å². The highest BCUT2D eigenvalue weighted by Crippen LogP contribution is 2.28. The van der Waals surface area contributed by atoms with Crippen LogP contribution in [-0.2, 0) is 11.3 Å². The summed E-state index contributed by atoms with van der Waals surface area (Å²) in [5.41, 5.74) is 1.28. The number of aromatic nitrogens is 1. The predicted molar refractivity (Wildman–Crippen MR) is 97.9 cm³/mol. The van der Waals surface area contributed by atoms with E-state index in [1.54, 1.807) is 0 Å². The van der Waals surface area contributed by atoms with E-state index in [2.05, 4.69) is 33.8 Å². The van der Waals surface area contributed by atoms with Crippen molar-refractivity contribution in [2.75, 3.05) is 19.6 Å². The molecule has 1 N–H and O–H groups in total. The largest absolute Gasteiger partial charge is 0.393 e. The number of likely N-dealkylation sites (N-methyl/N-ethyl adjacent to an activating group) is 1. The lowest BCUT2D eigenvalue weighted by Crippen LogP contribution is -2.51. The molecular weight excluding hydrogens is 314 g/mol. The monoisotopic (exact) mass is 345 g/mol. The molecule has 0 bridgehead atoms. The quantitative estimate of drug-likeness (QED) is 0.891. The first kappa shape index (κ1) is 18.3. The fourth-order valence-electron chi connectivity index (χ4n) is 4.26. The number of nitrogens with zero attached hydrogens (tertiary/aromatic N) is 3. The molecular formula is C20H31N3O2. The molecule has 1 aliphatic heterocycles. The van der Waals surface area contributed by atoms with E-state index in [1.165, 1.54) is 5.56 Å². The first-order chi connectivity index (χ1) is 12.2. The number of aliphatic hydroxyl groups is 1. The van der Waals surface area contributed by atoms with E-state index >= 15 is 0 Å². The van der Waals surface area contributed by atoms with E-state index in [4.69, 9.17) is 0 Å². The standard InChI is InChI=1S/C20H31N3O2/c1-2-22(14-16-9-11-21-12-10-16)18-4-3-13-23(15-18)20(25)17-5-7-19(24)8-6-17/h9-12,17-19,24H,2-8,13-15H2,1H3/t17?,18-,19?/m1/s1. The van der Waals surface area contributed by atoms with Gasteiger partial charge in [0, 0.05) is 44.0 Å². The molecule has 3 rings (SSSR count). The van der Waals surface area contributed by atoms with Gasteiger partial charge in [-0.05, 0) is 62.8 Å². The Bertz CT molecular complexity index is 543. The molecule has 138 valence electrons. The van der Waals surface area contributed by atoms with Gasteiger partial charge in [0.15, 0.2) is 0 Å². The van der Waals surface area contributed by atoms with Gasteiger partial charge in [-0.15, -0.1) is 0 Å². The van der Waals surface area contributed by atoms with Gasteiger partial charge in [-0.2, -0.15) is 0 Å². The van der Waals surface area contributed by atoms with Crippen LogP contribution in [0.4, 0.5) is 0 Å². The van der Waals surface area contributed by atoms with Gasteiger partial charge in [-0.1, -0.05) is 6.92 Å². The number of piperidine rings is 1. The van der Waals surface area contributed by atoms with Gasteiger partial charge < -0.3 is 10.0 Å². The van der Waals surface area contributed by atoms with Crippen molar-refractivity contribution in [1.29, 1.82) is 0 Å². The number of aliphatic hydroxyl groups excluding tert-OH is 1. The number of amides is 1. The number of carbonyl (C=O) groups excluding carboxylic acids is 1. The number of hydrogen-bond acceptors (Lipinski definition) is 4. The van der Waals surface area contributed by atoms with Gasteiger partial charge in [-0.25, -0.2) is 0 Å². The summed E-state index contributed by atoms with van der Waals surface area (Å²) in [7, 11) is 0. The topological polar surface area (TPSA) is 56.7 Å². The molecule has 1 saturated carbocycles. The fraction of sp³-hybridized carbons (Fsp3) is 0.700. The molecule has 1 aromatic heterocycles. The molecule has 25 heavy (non-hydrogen) atoms. The highest BCUT2D eigenvalue weighted by atomic mass is 16.3. The average Bonchev–Trinajstić information content (AvgIpc) is 2.67. The minimum Gasteiger partial charge on any atom is -0.393 e. The molecule has 2 heterocycles. The molecule has 1 aliphatic carbocycles. The maximum absolute atomic E-state index is 12.9. The minimum absolute atomic E-state index is 0.123. The van der Waals surface area contributed by atoms with E-state index in [0.717, 1.165) is 64.7 Å². The van der Waals surface area contributed by atoms with Crippen molar-refractivity contribution in [2.45, 2.75) is 64.1 Å². The molecule has 5 nitrogen and oxygen atoms in total. The summed E-state index contributed by atoms with van der Waals surface area (Å²) in [6.07, 6.45) is 8.97. The predicted octanol–water partition coefficient (Wildman–Crippen LogP) is 2.45. The van der Waals surface area contributed by atoms with Crippen LogP contribution in [0.2, 0.25) is 0 Å². The van der Waals surface area contributed by atoms with Crippen LogP contribution in [0.25, 0.3) is 0 Å². The second-order valence-corrected chi connectivity index (χ2v) is 7.50. The van der Waals surface area contributed by atoms with Crippen LogP contribution in [0.1, 0.15) is 51.0 Å². The second-order valence-electron chi connectivity index (χ2n) is 7.50. The molecule has 1 amide bonds. The second kappa shape index (κ2) is 8.77. The lowest BCUT2D eigenvalue weighted by atomic mass is 9.86. The van der Waals surface area contributed by atoms with Crippen molar-refractivity contribution in [2.24, 2.45) is 5.92 Å². The maximum Gasteiger partial charge on any atom is 0.225 e. The Morgan fingerprint density at radius 3 is 2.64 bits per heavy atom. The fourth-order valence-corrected chi connectivity index (χ4v) is 4.26. The lowest BCUT2D eigenvalue weighted by Gasteiger charge is -2.40. The zero-order valence-electron chi connectivity index (χ0n) is 15.3. The van der Waals surface area contributed by atoms with Gasteiger partial charge in [0.1, 0.15) is 0 Å². The molecule has 0 unspecified atom stereocenters. The minimum atomic E-state index is -0.200. The Hall–Kier alpha value is -1.46. The van der Waals surface area contributed by atoms with E-state index in [-0.39, 0.29) is 12.0 Å². The molecule has 2 fully saturated rings. The van der Waals surface area contributed by atoms with Crippen molar-refractivity contribution in [3.05, 3.63) is 30.1 Å². The molecule has 1 aromatic rings. The maximum atomic E-state index is 12.9. The van der Waals surface area contributed by atoms with E-state index < -0.39 is 0 Å². The van der Waals surface area contributed by atoms with Crippen molar-refractivity contribution in [3.63, 3.8) is 0 Å². The van der Waals surface area contributed by atoms with Gasteiger partial charge in [-0.3, -0.25) is 14.7 Å². The van der Waals surface area contributed by atoms with Crippen molar-refractivity contribution < 1.29 is 9.90 Å². The summed E-state index contributed by atoms with van der Waals surface area (Å²) in [5, 5.41) is 9.67. The number of carbonyl (C=O) groups is 1. The first-order valence-electron chi connectivity index (χ1n) is 9.77. The summed E-state index contributed by atoms with van der Waals surface area (Å²) in [6, 6.07) is 4.58. The summed E-state index contributed by atoms with van der Waals surface area (Å²) in [4.78, 5) is 21.6. The number of hydrogen-bond donors (Lipinski definition) is 1. The summed E-state index contributed by atoms with van der Waals surface area (Å²) < 4.78 is 0. The summed E-state index contributed by atoms with van der Waals surface area (Å²) in [6.45, 7) is 5.84. The zero-order valence-corrected chi connectivity index (χ0v) is 15.3. The lowest BCUT2D eigenvalue weighted by molar-refractivity contribution is -0.139. The Kier molecular flexibility index (Phi) is 6.43. The van der Waals surface area contributed by atoms with E-state index in [1.807, 2.05) is 12.4 Å². The Morgan fingerprint density at radius 2 is 1.96 bits per heavy atom. The zero-order chi connectivity index (χ0) is 17.6. The van der Waals surface area contributed by atoms with Crippen molar-refractivity contribution in [3.8, 4) is 0 Å². The highest BCUT2D eigenvalue weighted by molar-refractivity contribution is 5.79. The first-order valence-corrected chi connectivity index (χ1v) is 9.77. The molecule has 1 atom stereocenters. The van der Waals surface area contributed by atoms with E-state index in [0.29, 0.717) is 11.9 Å². The van der Waals surface area contributed by atoms with Crippen molar-refractivity contribution in [1.82, 2.24) is 14.8 Å². The smallest absolute Gasteiger partial charge is 0.225 e. The third-order valence-electron chi connectivity index (χ3n) is 5.81. The Balaban J connectivity index is 1.58. The summed E-state index contributed by atoms with van der Waals surface area (Å²) in [5.74, 6) is 0.439. The molecule has 5 heteroatoms. The van der Waals surface area contributed by atoms with E-state index in [9.17, 15) is 9.90 Å².